The van der Waals surface area contributed by atoms with Gasteiger partial charge in [0.05, 0.1) is 11.7 Å². The van der Waals surface area contributed by atoms with Crippen molar-refractivity contribution in [2.75, 3.05) is 6.54 Å². The van der Waals surface area contributed by atoms with E-state index in [0.717, 1.165) is 17.7 Å². The minimum Gasteiger partial charge on any atom is -0.393 e. The fraction of sp³-hybridized carbons (Fsp3) is 0.571. The van der Waals surface area contributed by atoms with Crippen LogP contribution in [-0.2, 0) is 6.18 Å². The van der Waals surface area contributed by atoms with Gasteiger partial charge >= 0.3 is 6.18 Å². The van der Waals surface area contributed by atoms with Crippen LogP contribution >= 0.6 is 0 Å². The molecule has 0 radical (unpaired) electrons. The molecule has 0 aliphatic heterocycles. The summed E-state index contributed by atoms with van der Waals surface area (Å²) in [4.78, 5) is 0. The summed E-state index contributed by atoms with van der Waals surface area (Å²) in [6.07, 6.45) is -3.40. The molecule has 1 aromatic carbocycles. The Morgan fingerprint density at radius 2 is 1.84 bits per heavy atom. The fourth-order valence-electron chi connectivity index (χ4n) is 2.89. The summed E-state index contributed by atoms with van der Waals surface area (Å²) in [5.41, 5.74) is 5.79. The lowest BCUT2D eigenvalue weighted by atomic mass is 9.58. The van der Waals surface area contributed by atoms with Crippen LogP contribution in [0.15, 0.2) is 24.3 Å². The fourth-order valence-corrected chi connectivity index (χ4v) is 2.89. The van der Waals surface area contributed by atoms with Crippen LogP contribution in [0.3, 0.4) is 0 Å². The number of hydrogen-bond acceptors (Lipinski definition) is 2. The number of aliphatic hydroxyl groups is 1. The van der Waals surface area contributed by atoms with Crippen LogP contribution in [0, 0.1) is 5.41 Å². The number of hydrogen-bond donors (Lipinski definition) is 2. The number of aliphatic hydroxyl groups excluding tert-OH is 1. The second-order valence-electron chi connectivity index (χ2n) is 5.47. The minimum absolute atomic E-state index is 0.0446. The van der Waals surface area contributed by atoms with E-state index < -0.39 is 11.7 Å². The van der Waals surface area contributed by atoms with Crippen LogP contribution in [0.25, 0.3) is 0 Å². The normalized spacial score (nSPS) is 28.8. The van der Waals surface area contributed by atoms with Gasteiger partial charge in [-0.05, 0) is 48.4 Å². The highest BCUT2D eigenvalue weighted by atomic mass is 19.4. The van der Waals surface area contributed by atoms with Crippen molar-refractivity contribution in [2.45, 2.75) is 38.0 Å². The van der Waals surface area contributed by atoms with E-state index in [4.69, 9.17) is 5.73 Å². The zero-order valence-electron chi connectivity index (χ0n) is 10.7. The molecule has 0 amide bonds. The van der Waals surface area contributed by atoms with Gasteiger partial charge in [0.1, 0.15) is 0 Å². The van der Waals surface area contributed by atoms with Crippen molar-refractivity contribution in [1.29, 1.82) is 0 Å². The van der Waals surface area contributed by atoms with E-state index in [1.54, 1.807) is 0 Å². The van der Waals surface area contributed by atoms with Crippen molar-refractivity contribution in [3.63, 3.8) is 0 Å². The van der Waals surface area contributed by atoms with Crippen molar-refractivity contribution in [3.05, 3.63) is 35.4 Å². The van der Waals surface area contributed by atoms with Crippen molar-refractivity contribution >= 4 is 0 Å². The highest BCUT2D eigenvalue weighted by Gasteiger charge is 2.46. The quantitative estimate of drug-likeness (QED) is 0.889. The van der Waals surface area contributed by atoms with Gasteiger partial charge in [0.15, 0.2) is 0 Å². The van der Waals surface area contributed by atoms with Crippen LogP contribution in [0.5, 0.6) is 0 Å². The molecule has 0 heterocycles. The first-order valence-corrected chi connectivity index (χ1v) is 6.34. The highest BCUT2D eigenvalue weighted by molar-refractivity contribution is 5.29. The molecule has 1 unspecified atom stereocenters. The molecule has 1 aliphatic rings. The first kappa shape index (κ1) is 14.3. The Balaban J connectivity index is 2.18. The van der Waals surface area contributed by atoms with E-state index in [9.17, 15) is 18.3 Å². The van der Waals surface area contributed by atoms with Gasteiger partial charge in [-0.3, -0.25) is 0 Å². The van der Waals surface area contributed by atoms with Gasteiger partial charge in [-0.1, -0.05) is 19.1 Å². The molecule has 2 nitrogen and oxygen atoms in total. The first-order chi connectivity index (χ1) is 8.78. The van der Waals surface area contributed by atoms with Gasteiger partial charge in [0.2, 0.25) is 0 Å². The van der Waals surface area contributed by atoms with E-state index in [2.05, 4.69) is 0 Å². The standard InChI is InChI=1S/C14H18F3NO/c1-9(13(8-18)6-12(19)7-13)10-2-4-11(5-3-10)14(15,16)17/h2-5,9,12,19H,6-8,18H2,1H3. The van der Waals surface area contributed by atoms with E-state index in [1.807, 2.05) is 6.92 Å². The van der Waals surface area contributed by atoms with Gasteiger partial charge in [0, 0.05) is 0 Å². The Morgan fingerprint density at radius 1 is 1.32 bits per heavy atom. The van der Waals surface area contributed by atoms with E-state index >= 15 is 0 Å². The number of rotatable bonds is 3. The lowest BCUT2D eigenvalue weighted by molar-refractivity contribution is -0.137. The largest absolute Gasteiger partial charge is 0.416 e. The number of alkyl halides is 3. The average molecular weight is 273 g/mol. The molecule has 106 valence electrons. The van der Waals surface area contributed by atoms with Gasteiger partial charge in [-0.2, -0.15) is 13.2 Å². The summed E-state index contributed by atoms with van der Waals surface area (Å²) in [6.45, 7) is 2.40. The lowest BCUT2D eigenvalue weighted by Crippen LogP contribution is -2.49. The van der Waals surface area contributed by atoms with Crippen molar-refractivity contribution < 1.29 is 18.3 Å². The molecular formula is C14H18F3NO. The van der Waals surface area contributed by atoms with Crippen LogP contribution in [0.2, 0.25) is 0 Å². The smallest absolute Gasteiger partial charge is 0.393 e. The highest BCUT2D eigenvalue weighted by Crippen LogP contribution is 2.50. The molecule has 3 N–H and O–H groups in total. The summed E-state index contributed by atoms with van der Waals surface area (Å²) in [5, 5.41) is 9.46. The maximum atomic E-state index is 12.5. The maximum absolute atomic E-state index is 12.5. The first-order valence-electron chi connectivity index (χ1n) is 6.34. The SMILES string of the molecule is CC(c1ccc(C(F)(F)F)cc1)C1(CN)CC(O)C1. The average Bonchev–Trinajstić information content (AvgIpc) is 2.33. The van der Waals surface area contributed by atoms with E-state index in [0.29, 0.717) is 19.4 Å². The zero-order valence-corrected chi connectivity index (χ0v) is 10.7. The zero-order chi connectivity index (χ0) is 14.3. The third kappa shape index (κ3) is 2.62. The summed E-state index contributed by atoms with van der Waals surface area (Å²) in [6, 6.07) is 5.22. The Kier molecular flexibility index (Phi) is 3.62. The molecule has 1 saturated carbocycles. The number of halogens is 3. The minimum atomic E-state index is -4.31. The lowest BCUT2D eigenvalue weighted by Gasteiger charge is -2.49. The summed E-state index contributed by atoms with van der Waals surface area (Å²) >= 11 is 0. The molecule has 0 saturated heterocycles. The predicted molar refractivity (Wildman–Crippen MR) is 66.6 cm³/mol. The van der Waals surface area contributed by atoms with Gasteiger partial charge in [-0.25, -0.2) is 0 Å². The summed E-state index contributed by atoms with van der Waals surface area (Å²) < 4.78 is 37.5. The van der Waals surface area contributed by atoms with Crippen LogP contribution in [0.1, 0.15) is 36.8 Å². The third-order valence-corrected chi connectivity index (χ3v) is 4.35. The third-order valence-electron chi connectivity index (χ3n) is 4.35. The molecular weight excluding hydrogens is 255 g/mol. The predicted octanol–water partition coefficient (Wildman–Crippen LogP) is 2.91. The van der Waals surface area contributed by atoms with Crippen molar-refractivity contribution in [1.82, 2.24) is 0 Å². The van der Waals surface area contributed by atoms with Crippen LogP contribution < -0.4 is 5.73 Å². The molecule has 0 bridgehead atoms. The Labute approximate surface area is 110 Å². The van der Waals surface area contributed by atoms with Crippen LogP contribution in [0.4, 0.5) is 13.2 Å². The molecule has 2 rings (SSSR count). The molecule has 5 heteroatoms. The Hall–Kier alpha value is -1.07. The number of nitrogens with two attached hydrogens (primary N) is 1. The topological polar surface area (TPSA) is 46.2 Å². The van der Waals surface area contributed by atoms with Crippen LogP contribution in [-0.4, -0.2) is 17.8 Å². The summed E-state index contributed by atoms with van der Waals surface area (Å²) in [7, 11) is 0. The molecule has 19 heavy (non-hydrogen) atoms. The van der Waals surface area contributed by atoms with Crippen molar-refractivity contribution in [2.24, 2.45) is 11.1 Å². The molecule has 1 fully saturated rings. The molecule has 1 aromatic rings. The van der Waals surface area contributed by atoms with Crippen molar-refractivity contribution in [3.8, 4) is 0 Å². The molecule has 1 atom stereocenters. The van der Waals surface area contributed by atoms with Gasteiger partial charge < -0.3 is 10.8 Å². The Morgan fingerprint density at radius 3 is 2.21 bits per heavy atom. The molecule has 0 spiro atoms. The van der Waals surface area contributed by atoms with Gasteiger partial charge in [-0.15, -0.1) is 0 Å². The second kappa shape index (κ2) is 4.80. The Bertz CT molecular complexity index is 435. The summed E-state index contributed by atoms with van der Waals surface area (Å²) in [5.74, 6) is 0.0446. The monoisotopic (exact) mass is 273 g/mol. The van der Waals surface area contributed by atoms with E-state index in [-0.39, 0.29) is 17.4 Å². The molecule has 0 aromatic heterocycles. The second-order valence-corrected chi connectivity index (χ2v) is 5.47. The van der Waals surface area contributed by atoms with E-state index in [1.165, 1.54) is 12.1 Å². The maximum Gasteiger partial charge on any atom is 0.416 e. The van der Waals surface area contributed by atoms with Gasteiger partial charge in [0.25, 0.3) is 0 Å². The number of benzene rings is 1. The molecule has 1 aliphatic carbocycles.